The molecule has 0 saturated carbocycles. The highest BCUT2D eigenvalue weighted by Gasteiger charge is 2.10. The van der Waals surface area contributed by atoms with Crippen LogP contribution in [0.4, 0.5) is 0 Å². The SMILES string of the molecule is CC(C)(C)NCc1ccc(-n2ncc3ccccc32)nn1. The van der Waals surface area contributed by atoms with Crippen LogP contribution in [0.3, 0.4) is 0 Å². The first-order valence-electron chi connectivity index (χ1n) is 7.04. The lowest BCUT2D eigenvalue weighted by molar-refractivity contribution is 0.420. The quantitative estimate of drug-likeness (QED) is 0.802. The number of hydrogen-bond acceptors (Lipinski definition) is 4. The number of fused-ring (bicyclic) bond motifs is 1. The van der Waals surface area contributed by atoms with Crippen LogP contribution in [-0.2, 0) is 6.54 Å². The molecular formula is C16H19N5. The van der Waals surface area contributed by atoms with Crippen LogP contribution in [0.5, 0.6) is 0 Å². The average Bonchev–Trinajstić information content (AvgIpc) is 2.89. The highest BCUT2D eigenvalue weighted by molar-refractivity contribution is 5.79. The molecule has 0 unspecified atom stereocenters. The van der Waals surface area contributed by atoms with Gasteiger partial charge in [0.2, 0.25) is 0 Å². The standard InChI is InChI=1S/C16H19N5/c1-16(2,3)17-11-13-8-9-15(20-19-13)21-14-7-5-4-6-12(14)10-18-21/h4-10,17H,11H2,1-3H3. The number of aromatic nitrogens is 4. The van der Waals surface area contributed by atoms with Gasteiger partial charge in [0.05, 0.1) is 17.4 Å². The Morgan fingerprint density at radius 3 is 2.57 bits per heavy atom. The van der Waals surface area contributed by atoms with Crippen LogP contribution in [-0.4, -0.2) is 25.5 Å². The molecule has 0 radical (unpaired) electrons. The average molecular weight is 281 g/mol. The molecule has 0 aliphatic heterocycles. The summed E-state index contributed by atoms with van der Waals surface area (Å²) < 4.78 is 1.81. The summed E-state index contributed by atoms with van der Waals surface area (Å²) in [6, 6.07) is 12.0. The van der Waals surface area contributed by atoms with Crippen LogP contribution in [0.1, 0.15) is 26.5 Å². The number of para-hydroxylation sites is 1. The molecule has 21 heavy (non-hydrogen) atoms. The van der Waals surface area contributed by atoms with Gasteiger partial charge in [-0.1, -0.05) is 18.2 Å². The lowest BCUT2D eigenvalue weighted by Crippen LogP contribution is -2.35. The van der Waals surface area contributed by atoms with Gasteiger partial charge in [-0.2, -0.15) is 10.2 Å². The maximum atomic E-state index is 4.38. The summed E-state index contributed by atoms with van der Waals surface area (Å²) in [6.45, 7) is 7.09. The van der Waals surface area contributed by atoms with Gasteiger partial charge in [0.1, 0.15) is 0 Å². The van der Waals surface area contributed by atoms with E-state index in [1.165, 1.54) is 0 Å². The molecule has 0 atom stereocenters. The zero-order chi connectivity index (χ0) is 14.9. The molecule has 0 amide bonds. The van der Waals surface area contributed by atoms with Gasteiger partial charge in [0.25, 0.3) is 0 Å². The fourth-order valence-corrected chi connectivity index (χ4v) is 2.07. The normalized spacial score (nSPS) is 12.0. The summed E-state index contributed by atoms with van der Waals surface area (Å²) in [4.78, 5) is 0. The zero-order valence-corrected chi connectivity index (χ0v) is 12.5. The second-order valence-corrected chi connectivity index (χ2v) is 6.10. The fourth-order valence-electron chi connectivity index (χ4n) is 2.07. The molecule has 3 rings (SSSR count). The Kier molecular flexibility index (Phi) is 3.43. The molecule has 2 aromatic heterocycles. The van der Waals surface area contributed by atoms with E-state index < -0.39 is 0 Å². The molecular weight excluding hydrogens is 262 g/mol. The van der Waals surface area contributed by atoms with Gasteiger partial charge in [-0.05, 0) is 39.0 Å². The van der Waals surface area contributed by atoms with Crippen molar-refractivity contribution in [1.82, 2.24) is 25.3 Å². The molecule has 5 nitrogen and oxygen atoms in total. The van der Waals surface area contributed by atoms with Crippen LogP contribution in [0, 0.1) is 0 Å². The lowest BCUT2D eigenvalue weighted by atomic mass is 10.1. The summed E-state index contributed by atoms with van der Waals surface area (Å²) >= 11 is 0. The van der Waals surface area contributed by atoms with Crippen molar-refractivity contribution < 1.29 is 0 Å². The summed E-state index contributed by atoms with van der Waals surface area (Å²) in [5.74, 6) is 0.732. The van der Waals surface area contributed by atoms with Gasteiger partial charge in [-0.25, -0.2) is 4.68 Å². The monoisotopic (exact) mass is 281 g/mol. The lowest BCUT2D eigenvalue weighted by Gasteiger charge is -2.19. The predicted octanol–water partition coefficient (Wildman–Crippen LogP) is 2.70. The Balaban J connectivity index is 1.84. The van der Waals surface area contributed by atoms with E-state index in [4.69, 9.17) is 0 Å². The molecule has 2 heterocycles. The Morgan fingerprint density at radius 1 is 1.05 bits per heavy atom. The largest absolute Gasteiger partial charge is 0.306 e. The third-order valence-electron chi connectivity index (χ3n) is 3.20. The molecule has 108 valence electrons. The van der Waals surface area contributed by atoms with Gasteiger partial charge in [0, 0.05) is 17.5 Å². The van der Waals surface area contributed by atoms with Crippen molar-refractivity contribution >= 4 is 10.9 Å². The van der Waals surface area contributed by atoms with Crippen molar-refractivity contribution in [3.8, 4) is 5.82 Å². The smallest absolute Gasteiger partial charge is 0.176 e. The molecule has 0 bridgehead atoms. The number of hydrogen-bond donors (Lipinski definition) is 1. The Hall–Kier alpha value is -2.27. The first-order valence-corrected chi connectivity index (χ1v) is 7.04. The van der Waals surface area contributed by atoms with Crippen molar-refractivity contribution in [3.63, 3.8) is 0 Å². The van der Waals surface area contributed by atoms with Gasteiger partial charge in [0.15, 0.2) is 5.82 Å². The van der Waals surface area contributed by atoms with E-state index in [0.717, 1.165) is 22.4 Å². The van der Waals surface area contributed by atoms with E-state index in [-0.39, 0.29) is 5.54 Å². The fraction of sp³-hybridized carbons (Fsp3) is 0.312. The topological polar surface area (TPSA) is 55.6 Å². The molecule has 3 aromatic rings. The highest BCUT2D eigenvalue weighted by atomic mass is 15.3. The molecule has 0 aliphatic carbocycles. The van der Waals surface area contributed by atoms with Crippen molar-refractivity contribution in [1.29, 1.82) is 0 Å². The van der Waals surface area contributed by atoms with E-state index >= 15 is 0 Å². The van der Waals surface area contributed by atoms with Crippen LogP contribution < -0.4 is 5.32 Å². The number of benzene rings is 1. The Bertz CT molecular complexity index is 737. The highest BCUT2D eigenvalue weighted by Crippen LogP contribution is 2.16. The number of nitrogens with one attached hydrogen (secondary N) is 1. The molecule has 5 heteroatoms. The van der Waals surface area contributed by atoms with Gasteiger partial charge in [-0.3, -0.25) is 0 Å². The minimum absolute atomic E-state index is 0.0680. The van der Waals surface area contributed by atoms with Crippen molar-refractivity contribution in [2.24, 2.45) is 0 Å². The van der Waals surface area contributed by atoms with E-state index in [9.17, 15) is 0 Å². The van der Waals surface area contributed by atoms with E-state index in [2.05, 4.69) is 41.4 Å². The summed E-state index contributed by atoms with van der Waals surface area (Å²) in [7, 11) is 0. The van der Waals surface area contributed by atoms with Crippen molar-refractivity contribution in [3.05, 3.63) is 48.3 Å². The summed E-state index contributed by atoms with van der Waals surface area (Å²) in [6.07, 6.45) is 1.84. The van der Waals surface area contributed by atoms with Crippen LogP contribution >= 0.6 is 0 Å². The van der Waals surface area contributed by atoms with Crippen molar-refractivity contribution in [2.45, 2.75) is 32.9 Å². The van der Waals surface area contributed by atoms with E-state index in [0.29, 0.717) is 6.54 Å². The maximum absolute atomic E-state index is 4.38. The van der Waals surface area contributed by atoms with Gasteiger partial charge in [-0.15, -0.1) is 5.10 Å². The maximum Gasteiger partial charge on any atom is 0.176 e. The van der Waals surface area contributed by atoms with Crippen LogP contribution in [0.15, 0.2) is 42.6 Å². The first kappa shape index (κ1) is 13.7. The van der Waals surface area contributed by atoms with E-state index in [1.807, 2.05) is 47.3 Å². The third-order valence-corrected chi connectivity index (χ3v) is 3.20. The zero-order valence-electron chi connectivity index (χ0n) is 12.5. The number of rotatable bonds is 3. The Morgan fingerprint density at radius 2 is 1.86 bits per heavy atom. The molecule has 1 aromatic carbocycles. The second kappa shape index (κ2) is 5.26. The van der Waals surface area contributed by atoms with Crippen LogP contribution in [0.2, 0.25) is 0 Å². The molecule has 1 N–H and O–H groups in total. The molecule has 0 fully saturated rings. The minimum Gasteiger partial charge on any atom is -0.306 e. The molecule has 0 spiro atoms. The van der Waals surface area contributed by atoms with Gasteiger partial charge < -0.3 is 5.32 Å². The molecule has 0 saturated heterocycles. The van der Waals surface area contributed by atoms with Gasteiger partial charge >= 0.3 is 0 Å². The molecule has 0 aliphatic rings. The first-order chi connectivity index (χ1) is 10.0. The number of nitrogens with zero attached hydrogens (tertiary/aromatic N) is 4. The third kappa shape index (κ3) is 3.08. The summed E-state index contributed by atoms with van der Waals surface area (Å²) in [5.41, 5.74) is 2.02. The second-order valence-electron chi connectivity index (χ2n) is 6.10. The van der Waals surface area contributed by atoms with Crippen LogP contribution in [0.25, 0.3) is 16.7 Å². The minimum atomic E-state index is 0.0680. The Labute approximate surface area is 124 Å². The summed E-state index contributed by atoms with van der Waals surface area (Å²) in [5, 5.41) is 17.4. The van der Waals surface area contributed by atoms with Crippen molar-refractivity contribution in [2.75, 3.05) is 0 Å². The van der Waals surface area contributed by atoms with E-state index in [1.54, 1.807) is 0 Å². The predicted molar refractivity (Wildman–Crippen MR) is 83.3 cm³/mol.